The van der Waals surface area contributed by atoms with Gasteiger partial charge in [0.1, 0.15) is 11.3 Å². The monoisotopic (exact) mass is 491 g/mol. The molecule has 2 aromatic heterocycles. The molecule has 0 saturated carbocycles. The summed E-state index contributed by atoms with van der Waals surface area (Å²) in [6.45, 7) is 2.63. The highest BCUT2D eigenvalue weighted by atomic mass is 16.5. The van der Waals surface area contributed by atoms with Crippen molar-refractivity contribution in [2.75, 3.05) is 33.9 Å². The third-order valence-corrected chi connectivity index (χ3v) is 6.20. The van der Waals surface area contributed by atoms with Gasteiger partial charge in [0.2, 0.25) is 0 Å². The minimum atomic E-state index is -0.529. The van der Waals surface area contributed by atoms with Crippen molar-refractivity contribution in [3.8, 4) is 5.75 Å². The fourth-order valence-corrected chi connectivity index (χ4v) is 4.32. The van der Waals surface area contributed by atoms with Crippen LogP contribution in [0, 0.1) is 0 Å². The van der Waals surface area contributed by atoms with Crippen LogP contribution in [0.4, 0.5) is 0 Å². The number of benzene rings is 1. The van der Waals surface area contributed by atoms with Gasteiger partial charge in [-0.05, 0) is 29.8 Å². The van der Waals surface area contributed by atoms with Crippen molar-refractivity contribution in [1.82, 2.24) is 14.5 Å². The summed E-state index contributed by atoms with van der Waals surface area (Å²) in [7, 11) is 2.68. The number of ether oxygens (including phenoxy) is 3. The second-order valence-electron chi connectivity index (χ2n) is 8.45. The van der Waals surface area contributed by atoms with Gasteiger partial charge < -0.3 is 18.8 Å². The predicted molar refractivity (Wildman–Crippen MR) is 132 cm³/mol. The number of carbonyl (C=O) groups is 2. The van der Waals surface area contributed by atoms with Crippen molar-refractivity contribution in [1.29, 1.82) is 0 Å². The van der Waals surface area contributed by atoms with Gasteiger partial charge in [-0.25, -0.2) is 9.59 Å². The van der Waals surface area contributed by atoms with Crippen LogP contribution in [0.1, 0.15) is 37.7 Å². The molecule has 1 aliphatic rings. The smallest absolute Gasteiger partial charge is 0.343 e. The van der Waals surface area contributed by atoms with Crippen molar-refractivity contribution in [3.63, 3.8) is 0 Å². The first-order chi connectivity index (χ1) is 17.5. The Balaban J connectivity index is 1.51. The van der Waals surface area contributed by atoms with E-state index in [1.807, 2.05) is 30.3 Å². The van der Waals surface area contributed by atoms with Gasteiger partial charge >= 0.3 is 11.9 Å². The summed E-state index contributed by atoms with van der Waals surface area (Å²) in [6, 6.07) is 14.3. The lowest BCUT2D eigenvalue weighted by molar-refractivity contribution is 0.0587. The van der Waals surface area contributed by atoms with Crippen molar-refractivity contribution >= 4 is 11.9 Å². The largest absolute Gasteiger partial charge is 0.492 e. The Morgan fingerprint density at radius 2 is 1.75 bits per heavy atom. The normalized spacial score (nSPS) is 13.4. The molecule has 3 heterocycles. The third-order valence-electron chi connectivity index (χ3n) is 6.20. The van der Waals surface area contributed by atoms with E-state index >= 15 is 0 Å². The molecule has 9 nitrogen and oxygen atoms in total. The van der Waals surface area contributed by atoms with Crippen LogP contribution in [-0.4, -0.2) is 60.3 Å². The van der Waals surface area contributed by atoms with Gasteiger partial charge in [-0.1, -0.05) is 18.2 Å². The summed E-state index contributed by atoms with van der Waals surface area (Å²) in [5, 5.41) is 0. The molecule has 0 bridgehead atoms. The lowest BCUT2D eigenvalue weighted by atomic mass is 10.1. The van der Waals surface area contributed by atoms with E-state index in [0.29, 0.717) is 55.8 Å². The molecule has 4 rings (SSSR count). The average molecular weight is 492 g/mol. The molecule has 0 fully saturated rings. The van der Waals surface area contributed by atoms with E-state index in [2.05, 4.69) is 9.88 Å². The summed E-state index contributed by atoms with van der Waals surface area (Å²) in [5.41, 5.74) is 3.09. The quantitative estimate of drug-likeness (QED) is 0.443. The molecular weight excluding hydrogens is 462 g/mol. The van der Waals surface area contributed by atoms with Crippen LogP contribution < -0.4 is 10.3 Å². The third kappa shape index (κ3) is 5.80. The average Bonchev–Trinajstić information content (AvgIpc) is 3.12. The maximum atomic E-state index is 13.0. The second-order valence-corrected chi connectivity index (χ2v) is 8.45. The van der Waals surface area contributed by atoms with E-state index in [1.54, 1.807) is 22.9 Å². The molecule has 0 radical (unpaired) electrons. The molecule has 1 aromatic carbocycles. The summed E-state index contributed by atoms with van der Waals surface area (Å²) in [4.78, 5) is 43.9. The minimum Gasteiger partial charge on any atom is -0.492 e. The zero-order valence-electron chi connectivity index (χ0n) is 20.4. The lowest BCUT2D eigenvalue weighted by Gasteiger charge is -2.19. The van der Waals surface area contributed by atoms with Crippen LogP contribution >= 0.6 is 0 Å². The van der Waals surface area contributed by atoms with Gasteiger partial charge in [0.05, 0.1) is 26.4 Å². The molecule has 0 atom stereocenters. The van der Waals surface area contributed by atoms with Gasteiger partial charge in [0.15, 0.2) is 0 Å². The van der Waals surface area contributed by atoms with Crippen molar-refractivity contribution in [2.24, 2.45) is 0 Å². The number of carbonyl (C=O) groups excluding carboxylic acids is 2. The fraction of sp³-hybridized carbons (Fsp3) is 0.333. The van der Waals surface area contributed by atoms with E-state index in [-0.39, 0.29) is 23.9 Å². The molecule has 0 aliphatic carbocycles. The maximum Gasteiger partial charge on any atom is 0.343 e. The highest BCUT2D eigenvalue weighted by molar-refractivity contribution is 5.93. The van der Waals surface area contributed by atoms with E-state index < -0.39 is 5.97 Å². The highest BCUT2D eigenvalue weighted by Crippen LogP contribution is 2.24. The molecule has 0 unspecified atom stereocenters. The molecule has 0 N–H and O–H groups in total. The van der Waals surface area contributed by atoms with Crippen LogP contribution in [0.25, 0.3) is 0 Å². The van der Waals surface area contributed by atoms with Gasteiger partial charge in [0, 0.05) is 62.7 Å². The Labute approximate surface area is 209 Å². The second kappa shape index (κ2) is 11.6. The minimum absolute atomic E-state index is 0.213. The first kappa shape index (κ1) is 25.1. The number of hydrogen-bond acceptors (Lipinski definition) is 8. The van der Waals surface area contributed by atoms with E-state index in [0.717, 1.165) is 11.3 Å². The topological polar surface area (TPSA) is 100.0 Å². The zero-order valence-corrected chi connectivity index (χ0v) is 20.4. The summed E-state index contributed by atoms with van der Waals surface area (Å²) >= 11 is 0. The van der Waals surface area contributed by atoms with Crippen molar-refractivity contribution in [2.45, 2.75) is 25.9 Å². The number of rotatable bonds is 8. The molecule has 1 aliphatic heterocycles. The van der Waals surface area contributed by atoms with E-state index in [1.165, 1.54) is 20.3 Å². The number of pyridine rings is 2. The highest BCUT2D eigenvalue weighted by Gasteiger charge is 2.26. The predicted octanol–water partition coefficient (Wildman–Crippen LogP) is 2.50. The zero-order chi connectivity index (χ0) is 25.5. The van der Waals surface area contributed by atoms with Gasteiger partial charge in [-0.2, -0.15) is 0 Å². The summed E-state index contributed by atoms with van der Waals surface area (Å²) in [5.74, 6) is -0.668. The molecule has 9 heteroatoms. The molecule has 36 heavy (non-hydrogen) atoms. The number of methoxy groups -OCH3 is 2. The summed E-state index contributed by atoms with van der Waals surface area (Å²) < 4.78 is 17.4. The Morgan fingerprint density at radius 1 is 0.972 bits per heavy atom. The first-order valence-corrected chi connectivity index (χ1v) is 11.8. The Kier molecular flexibility index (Phi) is 8.12. The Morgan fingerprint density at radius 3 is 2.44 bits per heavy atom. The van der Waals surface area contributed by atoms with Gasteiger partial charge in [-0.3, -0.25) is 14.7 Å². The first-order valence-electron chi connectivity index (χ1n) is 11.8. The SMILES string of the molecule is COC(=O)c1ccc(CN2CCc3c(C(=O)OC)c(OCCc4ccccn4)cc(=O)n3CC2)cc1. The van der Waals surface area contributed by atoms with Crippen LogP contribution in [-0.2, 0) is 35.4 Å². The molecular formula is C27H29N3O6. The van der Waals surface area contributed by atoms with Crippen LogP contribution in [0.15, 0.2) is 59.5 Å². The molecule has 0 saturated heterocycles. The maximum absolute atomic E-state index is 13.0. The van der Waals surface area contributed by atoms with Crippen LogP contribution in [0.3, 0.4) is 0 Å². The van der Waals surface area contributed by atoms with Gasteiger partial charge in [-0.15, -0.1) is 0 Å². The van der Waals surface area contributed by atoms with Crippen molar-refractivity contribution < 1.29 is 23.8 Å². The number of nitrogens with zero attached hydrogens (tertiary/aromatic N) is 3. The molecule has 188 valence electrons. The molecule has 0 spiro atoms. The Bertz CT molecular complexity index is 1270. The van der Waals surface area contributed by atoms with Gasteiger partial charge in [0.25, 0.3) is 5.56 Å². The number of fused-ring (bicyclic) bond motifs is 1. The molecule has 3 aromatic rings. The lowest BCUT2D eigenvalue weighted by Crippen LogP contribution is -2.29. The van der Waals surface area contributed by atoms with E-state index in [9.17, 15) is 14.4 Å². The number of aromatic nitrogens is 2. The van der Waals surface area contributed by atoms with Crippen molar-refractivity contribution in [3.05, 3.63) is 93.2 Å². The molecule has 0 amide bonds. The van der Waals surface area contributed by atoms with Crippen LogP contribution in [0.5, 0.6) is 5.75 Å². The fourth-order valence-electron chi connectivity index (χ4n) is 4.32. The number of hydrogen-bond donors (Lipinski definition) is 0. The van der Waals surface area contributed by atoms with E-state index in [4.69, 9.17) is 14.2 Å². The summed E-state index contributed by atoms with van der Waals surface area (Å²) in [6.07, 6.45) is 2.74. The number of esters is 2. The standard InChI is InChI=1S/C27H29N3O6/c1-34-26(32)20-8-6-19(7-9-20)18-29-13-10-22-25(27(33)35-2)23(17-24(31)30(22)15-14-29)36-16-11-21-5-3-4-12-28-21/h3-9,12,17H,10-11,13-16,18H2,1-2H3. The Hall–Kier alpha value is -3.98. The van der Waals surface area contributed by atoms with Crippen LogP contribution in [0.2, 0.25) is 0 Å².